The Labute approximate surface area is 121 Å². The lowest BCUT2D eigenvalue weighted by Gasteiger charge is -2.20. The average molecular weight is 320 g/mol. The van der Waals surface area contributed by atoms with Gasteiger partial charge in [-0.15, -0.1) is 0 Å². The van der Waals surface area contributed by atoms with E-state index in [4.69, 9.17) is 18.0 Å². The molecule has 0 amide bonds. The summed E-state index contributed by atoms with van der Waals surface area (Å²) in [7, 11) is -4.14. The van der Waals surface area contributed by atoms with Gasteiger partial charge < -0.3 is 5.73 Å². The Morgan fingerprint density at radius 2 is 2.05 bits per heavy atom. The highest BCUT2D eigenvalue weighted by molar-refractivity contribution is 7.89. The zero-order chi connectivity index (χ0) is 14.9. The predicted molar refractivity (Wildman–Crippen MR) is 74.6 cm³/mol. The van der Waals surface area contributed by atoms with E-state index in [9.17, 15) is 17.2 Å². The molecule has 1 fully saturated rings. The van der Waals surface area contributed by atoms with Crippen molar-refractivity contribution in [1.29, 1.82) is 0 Å². The number of thiocarbonyl (C=S) groups is 1. The maximum absolute atomic E-state index is 13.6. The average Bonchev–Trinajstić information content (AvgIpc) is 2.79. The molecule has 0 saturated heterocycles. The minimum absolute atomic E-state index is 0.231. The fourth-order valence-corrected chi connectivity index (χ4v) is 4.07. The van der Waals surface area contributed by atoms with Crippen LogP contribution in [0, 0.1) is 17.6 Å². The van der Waals surface area contributed by atoms with Crippen molar-refractivity contribution in [3.8, 4) is 0 Å². The Bertz CT molecular complexity index is 634. The standard InChI is InChI=1S/C12H14F2N2O2S2/c13-7-4-5-9(14)11(6-7)20(17,18)16-10-3-1-2-8(10)12(15)19/h4-6,8,10,16H,1-3H2,(H2,15,19). The molecule has 0 aliphatic heterocycles. The van der Waals surface area contributed by atoms with Crippen molar-refractivity contribution in [2.24, 2.45) is 11.7 Å². The molecular formula is C12H14F2N2O2S2. The molecule has 1 aromatic carbocycles. The van der Waals surface area contributed by atoms with Crippen LogP contribution in [-0.2, 0) is 10.0 Å². The largest absolute Gasteiger partial charge is 0.393 e. The van der Waals surface area contributed by atoms with Crippen LogP contribution in [-0.4, -0.2) is 19.4 Å². The zero-order valence-electron chi connectivity index (χ0n) is 10.5. The molecular weight excluding hydrogens is 306 g/mol. The summed E-state index contributed by atoms with van der Waals surface area (Å²) >= 11 is 4.89. The van der Waals surface area contributed by atoms with Crippen LogP contribution < -0.4 is 10.5 Å². The number of sulfonamides is 1. The van der Waals surface area contributed by atoms with Crippen LogP contribution >= 0.6 is 12.2 Å². The van der Waals surface area contributed by atoms with Gasteiger partial charge in [0.1, 0.15) is 16.5 Å². The van der Waals surface area contributed by atoms with Crippen molar-refractivity contribution >= 4 is 27.2 Å². The highest BCUT2D eigenvalue weighted by atomic mass is 32.2. The van der Waals surface area contributed by atoms with Crippen LogP contribution in [0.1, 0.15) is 19.3 Å². The van der Waals surface area contributed by atoms with Crippen LogP contribution in [0.3, 0.4) is 0 Å². The fraction of sp³-hybridized carbons (Fsp3) is 0.417. The van der Waals surface area contributed by atoms with Gasteiger partial charge in [-0.3, -0.25) is 0 Å². The number of halogens is 2. The van der Waals surface area contributed by atoms with Crippen molar-refractivity contribution < 1.29 is 17.2 Å². The molecule has 3 N–H and O–H groups in total. The van der Waals surface area contributed by atoms with Gasteiger partial charge in [0.05, 0.1) is 4.99 Å². The van der Waals surface area contributed by atoms with E-state index in [1.54, 1.807) is 0 Å². The molecule has 110 valence electrons. The van der Waals surface area contributed by atoms with Crippen molar-refractivity contribution in [3.05, 3.63) is 29.8 Å². The van der Waals surface area contributed by atoms with E-state index in [2.05, 4.69) is 4.72 Å². The minimum Gasteiger partial charge on any atom is -0.393 e. The van der Waals surface area contributed by atoms with E-state index in [-0.39, 0.29) is 10.9 Å². The number of benzene rings is 1. The Morgan fingerprint density at radius 3 is 2.70 bits per heavy atom. The molecule has 8 heteroatoms. The van der Waals surface area contributed by atoms with Crippen LogP contribution in [0.25, 0.3) is 0 Å². The Kier molecular flexibility index (Phi) is 4.36. The SMILES string of the molecule is NC(=S)C1CCCC1NS(=O)(=O)c1cc(F)ccc1F. The number of nitrogens with two attached hydrogens (primary N) is 1. The summed E-state index contributed by atoms with van der Waals surface area (Å²) in [6.45, 7) is 0. The smallest absolute Gasteiger partial charge is 0.243 e. The molecule has 1 aliphatic carbocycles. The van der Waals surface area contributed by atoms with Gasteiger partial charge in [0, 0.05) is 12.0 Å². The summed E-state index contributed by atoms with van der Waals surface area (Å²) in [4.78, 5) is -0.471. The third kappa shape index (κ3) is 3.13. The summed E-state index contributed by atoms with van der Waals surface area (Å²) in [5.41, 5.74) is 5.56. The number of hydrogen-bond acceptors (Lipinski definition) is 3. The summed E-state index contributed by atoms with van der Waals surface area (Å²) < 4.78 is 53.3. The number of hydrogen-bond donors (Lipinski definition) is 2. The highest BCUT2D eigenvalue weighted by Gasteiger charge is 2.33. The summed E-state index contributed by atoms with van der Waals surface area (Å²) in [6, 6.07) is 1.83. The van der Waals surface area contributed by atoms with E-state index in [1.165, 1.54) is 0 Å². The molecule has 0 heterocycles. The van der Waals surface area contributed by atoms with Gasteiger partial charge in [-0.25, -0.2) is 21.9 Å². The second kappa shape index (κ2) is 5.71. The Morgan fingerprint density at radius 1 is 1.35 bits per heavy atom. The maximum Gasteiger partial charge on any atom is 0.243 e. The van der Waals surface area contributed by atoms with Crippen molar-refractivity contribution in [1.82, 2.24) is 4.72 Å². The number of rotatable bonds is 4. The van der Waals surface area contributed by atoms with Crippen LogP contribution in [0.4, 0.5) is 8.78 Å². The van der Waals surface area contributed by atoms with E-state index in [1.807, 2.05) is 0 Å². The first-order valence-corrected chi connectivity index (χ1v) is 7.97. The van der Waals surface area contributed by atoms with E-state index in [0.717, 1.165) is 18.6 Å². The molecule has 2 rings (SSSR count). The predicted octanol–water partition coefficient (Wildman–Crippen LogP) is 1.70. The first-order chi connectivity index (χ1) is 9.31. The summed E-state index contributed by atoms with van der Waals surface area (Å²) in [6.07, 6.45) is 2.03. The van der Waals surface area contributed by atoms with Gasteiger partial charge in [-0.2, -0.15) is 0 Å². The zero-order valence-corrected chi connectivity index (χ0v) is 12.1. The van der Waals surface area contributed by atoms with E-state index < -0.39 is 32.6 Å². The molecule has 20 heavy (non-hydrogen) atoms. The molecule has 0 radical (unpaired) electrons. The second-order valence-corrected chi connectivity index (χ2v) is 6.90. The second-order valence-electron chi connectivity index (χ2n) is 4.74. The fourth-order valence-electron chi connectivity index (χ4n) is 2.39. The van der Waals surface area contributed by atoms with E-state index in [0.29, 0.717) is 18.9 Å². The summed E-state index contributed by atoms with van der Waals surface area (Å²) in [5, 5.41) is 0. The maximum atomic E-state index is 13.6. The molecule has 0 bridgehead atoms. The quantitative estimate of drug-likeness (QED) is 0.828. The third-order valence-corrected chi connectivity index (χ3v) is 5.18. The van der Waals surface area contributed by atoms with Crippen LogP contribution in [0.15, 0.2) is 23.1 Å². The molecule has 1 saturated carbocycles. The van der Waals surface area contributed by atoms with Crippen molar-refractivity contribution in [3.63, 3.8) is 0 Å². The molecule has 2 atom stereocenters. The monoisotopic (exact) mass is 320 g/mol. The van der Waals surface area contributed by atoms with Gasteiger partial charge in [-0.1, -0.05) is 18.6 Å². The van der Waals surface area contributed by atoms with Crippen molar-refractivity contribution in [2.75, 3.05) is 0 Å². The first kappa shape index (κ1) is 15.3. The van der Waals surface area contributed by atoms with Crippen molar-refractivity contribution in [2.45, 2.75) is 30.2 Å². The number of nitrogens with one attached hydrogen (secondary N) is 1. The van der Waals surface area contributed by atoms with Gasteiger partial charge in [-0.05, 0) is 31.0 Å². The lowest BCUT2D eigenvalue weighted by atomic mass is 10.1. The molecule has 1 aromatic rings. The first-order valence-electron chi connectivity index (χ1n) is 6.08. The molecule has 2 unspecified atom stereocenters. The highest BCUT2D eigenvalue weighted by Crippen LogP contribution is 2.28. The van der Waals surface area contributed by atoms with Crippen LogP contribution in [0.2, 0.25) is 0 Å². The normalized spacial score (nSPS) is 22.9. The van der Waals surface area contributed by atoms with Gasteiger partial charge in [0.2, 0.25) is 10.0 Å². The third-order valence-electron chi connectivity index (χ3n) is 3.37. The van der Waals surface area contributed by atoms with Gasteiger partial charge in [0.15, 0.2) is 0 Å². The topological polar surface area (TPSA) is 72.2 Å². The lowest BCUT2D eigenvalue weighted by Crippen LogP contribution is -2.41. The molecule has 4 nitrogen and oxygen atoms in total. The Balaban J connectivity index is 2.27. The molecule has 0 aromatic heterocycles. The lowest BCUT2D eigenvalue weighted by molar-refractivity contribution is 0.512. The van der Waals surface area contributed by atoms with Gasteiger partial charge >= 0.3 is 0 Å². The molecule has 0 spiro atoms. The Hall–Kier alpha value is -1.12. The van der Waals surface area contributed by atoms with E-state index >= 15 is 0 Å². The minimum atomic E-state index is -4.14. The van der Waals surface area contributed by atoms with Gasteiger partial charge in [0.25, 0.3) is 0 Å². The summed E-state index contributed by atoms with van der Waals surface area (Å²) in [5.74, 6) is -2.07. The molecule has 1 aliphatic rings. The van der Waals surface area contributed by atoms with Crippen LogP contribution in [0.5, 0.6) is 0 Å².